The van der Waals surface area contributed by atoms with E-state index in [1.165, 1.54) is 96.0 Å². The van der Waals surface area contributed by atoms with Gasteiger partial charge < -0.3 is 15.4 Å². The van der Waals surface area contributed by atoms with Gasteiger partial charge in [-0.2, -0.15) is 0 Å². The Morgan fingerprint density at radius 1 is 0.818 bits per heavy atom. The van der Waals surface area contributed by atoms with Gasteiger partial charge in [-0.05, 0) is 24.6 Å². The summed E-state index contributed by atoms with van der Waals surface area (Å²) in [5, 5.41) is 5.43. The zero-order chi connectivity index (χ0) is 24.0. The van der Waals surface area contributed by atoms with Crippen LogP contribution in [-0.4, -0.2) is 18.5 Å². The smallest absolute Gasteiger partial charge is 0.410 e. The van der Waals surface area contributed by atoms with Gasteiger partial charge in [0.1, 0.15) is 5.75 Å². The highest BCUT2D eigenvalue weighted by Gasteiger charge is 2.05. The van der Waals surface area contributed by atoms with Crippen LogP contribution in [-0.2, 0) is 4.79 Å². The highest BCUT2D eigenvalue weighted by molar-refractivity contribution is 5.99. The first kappa shape index (κ1) is 28.7. The monoisotopic (exact) mass is 458 g/mol. The molecule has 0 aromatic heterocycles. The van der Waals surface area contributed by atoms with E-state index < -0.39 is 6.09 Å². The van der Waals surface area contributed by atoms with Crippen LogP contribution >= 0.6 is 0 Å². The molecule has 0 aliphatic rings. The molecule has 1 aromatic carbocycles. The molecule has 0 aliphatic carbocycles. The highest BCUT2D eigenvalue weighted by atomic mass is 16.6. The molecule has 0 saturated carbocycles. The lowest BCUT2D eigenvalue weighted by atomic mass is 10.0. The second-order valence-corrected chi connectivity index (χ2v) is 8.84. The minimum atomic E-state index is -0.469. The predicted molar refractivity (Wildman–Crippen MR) is 139 cm³/mol. The number of anilines is 1. The second kappa shape index (κ2) is 20.3. The Bertz CT molecular complexity index is 660. The third-order valence-electron chi connectivity index (χ3n) is 5.80. The molecule has 0 bridgehead atoms. The quantitative estimate of drug-likeness (QED) is 0.153. The third-order valence-corrected chi connectivity index (χ3v) is 5.80. The van der Waals surface area contributed by atoms with Gasteiger partial charge in [-0.1, -0.05) is 116 Å². The minimum Gasteiger partial charge on any atom is -0.410 e. The van der Waals surface area contributed by atoms with Gasteiger partial charge in [-0.15, -0.1) is 0 Å². The summed E-state index contributed by atoms with van der Waals surface area (Å²) >= 11 is 0. The lowest BCUT2D eigenvalue weighted by Gasteiger charge is -2.08. The molecule has 0 radical (unpaired) electrons. The molecule has 0 unspecified atom stereocenters. The first-order chi connectivity index (χ1) is 16.2. The Labute approximate surface area is 201 Å². The fraction of sp³-hybridized carbons (Fsp3) is 0.643. The molecule has 186 valence electrons. The van der Waals surface area contributed by atoms with Crippen molar-refractivity contribution in [1.82, 2.24) is 5.32 Å². The molecule has 0 heterocycles. The Morgan fingerprint density at radius 2 is 1.33 bits per heavy atom. The van der Waals surface area contributed by atoms with Gasteiger partial charge >= 0.3 is 6.09 Å². The molecule has 5 heteroatoms. The fourth-order valence-electron chi connectivity index (χ4n) is 3.84. The zero-order valence-corrected chi connectivity index (χ0v) is 20.8. The Morgan fingerprint density at radius 3 is 1.85 bits per heavy atom. The van der Waals surface area contributed by atoms with Gasteiger partial charge in [0.2, 0.25) is 5.91 Å². The van der Waals surface area contributed by atoms with E-state index in [4.69, 9.17) is 4.74 Å². The molecule has 0 spiro atoms. The maximum absolute atomic E-state index is 11.9. The number of unbranched alkanes of at least 4 members (excludes halogenated alkanes) is 15. The van der Waals surface area contributed by atoms with Crippen LogP contribution in [0.1, 0.15) is 110 Å². The van der Waals surface area contributed by atoms with Crippen LogP contribution in [0.3, 0.4) is 0 Å². The summed E-state index contributed by atoms with van der Waals surface area (Å²) in [5.41, 5.74) is 0.558. The topological polar surface area (TPSA) is 67.4 Å². The molecule has 5 nitrogen and oxygen atoms in total. The van der Waals surface area contributed by atoms with Gasteiger partial charge in [0.25, 0.3) is 0 Å². The van der Waals surface area contributed by atoms with E-state index in [0.717, 1.165) is 12.8 Å². The third kappa shape index (κ3) is 16.9. The van der Waals surface area contributed by atoms with Crippen molar-refractivity contribution in [3.05, 3.63) is 36.9 Å². The molecule has 2 N–H and O–H groups in total. The molecule has 0 atom stereocenters. The van der Waals surface area contributed by atoms with Crippen LogP contribution in [0.2, 0.25) is 0 Å². The summed E-state index contributed by atoms with van der Waals surface area (Å²) in [6.45, 7) is 6.30. The SMILES string of the molecule is C=CC(=O)Nc1cccc(OC(=O)NCCCCCCCCCCCCCCCCCC)c1. The normalized spacial score (nSPS) is 10.6. The highest BCUT2D eigenvalue weighted by Crippen LogP contribution is 2.17. The van der Waals surface area contributed by atoms with Gasteiger partial charge in [0.15, 0.2) is 0 Å². The molecule has 2 amide bonds. The van der Waals surface area contributed by atoms with E-state index in [1.807, 2.05) is 0 Å². The second-order valence-electron chi connectivity index (χ2n) is 8.84. The predicted octanol–water partition coefficient (Wildman–Crippen LogP) is 8.16. The van der Waals surface area contributed by atoms with Crippen molar-refractivity contribution < 1.29 is 14.3 Å². The van der Waals surface area contributed by atoms with Gasteiger partial charge in [0, 0.05) is 18.3 Å². The van der Waals surface area contributed by atoms with Gasteiger partial charge in [-0.3, -0.25) is 4.79 Å². The maximum atomic E-state index is 11.9. The van der Waals surface area contributed by atoms with Crippen molar-refractivity contribution >= 4 is 17.7 Å². The Kier molecular flexibility index (Phi) is 17.7. The van der Waals surface area contributed by atoms with Crippen LogP contribution in [0.5, 0.6) is 5.75 Å². The number of benzene rings is 1. The van der Waals surface area contributed by atoms with Crippen molar-refractivity contribution in [2.24, 2.45) is 0 Å². The van der Waals surface area contributed by atoms with Crippen LogP contribution < -0.4 is 15.4 Å². The maximum Gasteiger partial charge on any atom is 0.412 e. The number of ether oxygens (including phenoxy) is 1. The molecule has 1 aromatic rings. The van der Waals surface area contributed by atoms with Crippen LogP contribution in [0.15, 0.2) is 36.9 Å². The zero-order valence-electron chi connectivity index (χ0n) is 20.8. The van der Waals surface area contributed by atoms with Crippen molar-refractivity contribution in [2.75, 3.05) is 11.9 Å². The summed E-state index contributed by atoms with van der Waals surface area (Å²) in [7, 11) is 0. The first-order valence-electron chi connectivity index (χ1n) is 13.1. The van der Waals surface area contributed by atoms with E-state index in [9.17, 15) is 9.59 Å². The number of nitrogens with one attached hydrogen (secondary N) is 2. The summed E-state index contributed by atoms with van der Waals surface area (Å²) in [4.78, 5) is 23.3. The van der Waals surface area contributed by atoms with E-state index in [0.29, 0.717) is 18.0 Å². The summed E-state index contributed by atoms with van der Waals surface area (Å²) in [6.07, 6.45) is 22.0. The van der Waals surface area contributed by atoms with Gasteiger partial charge in [0.05, 0.1) is 0 Å². The molecule has 0 fully saturated rings. The molecular formula is C28H46N2O3. The van der Waals surface area contributed by atoms with Crippen LogP contribution in [0.4, 0.5) is 10.5 Å². The summed E-state index contributed by atoms with van der Waals surface area (Å²) < 4.78 is 5.27. The molecule has 33 heavy (non-hydrogen) atoms. The number of amides is 2. The van der Waals surface area contributed by atoms with Crippen molar-refractivity contribution in [3.8, 4) is 5.75 Å². The van der Waals surface area contributed by atoms with E-state index >= 15 is 0 Å². The molecule has 1 rings (SSSR count). The standard InChI is InChI=1S/C28H46N2O3/c1-3-5-6-7-8-9-10-11-12-13-14-15-16-17-18-19-23-29-28(32)33-26-22-20-21-25(24-26)30-27(31)4-2/h4,20-22,24H,2-3,5-19,23H2,1H3,(H,29,32)(H,30,31). The number of rotatable bonds is 20. The number of hydrogen-bond acceptors (Lipinski definition) is 3. The average Bonchev–Trinajstić information content (AvgIpc) is 2.81. The van der Waals surface area contributed by atoms with Crippen molar-refractivity contribution in [3.63, 3.8) is 0 Å². The molecule has 0 saturated heterocycles. The number of carbonyl (C=O) groups is 2. The summed E-state index contributed by atoms with van der Waals surface area (Å²) in [5.74, 6) is 0.0847. The fourth-order valence-corrected chi connectivity index (χ4v) is 3.84. The lowest BCUT2D eigenvalue weighted by molar-refractivity contribution is -0.111. The molecule has 0 aliphatic heterocycles. The first-order valence-corrected chi connectivity index (χ1v) is 13.1. The Hall–Kier alpha value is -2.30. The number of hydrogen-bond donors (Lipinski definition) is 2. The van der Waals surface area contributed by atoms with Crippen molar-refractivity contribution in [1.29, 1.82) is 0 Å². The minimum absolute atomic E-state index is 0.305. The van der Waals surface area contributed by atoms with Crippen LogP contribution in [0.25, 0.3) is 0 Å². The van der Waals surface area contributed by atoms with E-state index in [2.05, 4.69) is 24.1 Å². The Balaban J connectivity index is 1.91. The lowest BCUT2D eigenvalue weighted by Crippen LogP contribution is -2.27. The van der Waals surface area contributed by atoms with E-state index in [1.54, 1.807) is 24.3 Å². The largest absolute Gasteiger partial charge is 0.412 e. The van der Waals surface area contributed by atoms with Gasteiger partial charge in [-0.25, -0.2) is 4.79 Å². The average molecular weight is 459 g/mol. The van der Waals surface area contributed by atoms with Crippen molar-refractivity contribution in [2.45, 2.75) is 110 Å². The van der Waals surface area contributed by atoms with Crippen LogP contribution in [0, 0.1) is 0 Å². The molecular weight excluding hydrogens is 412 g/mol. The van der Waals surface area contributed by atoms with E-state index in [-0.39, 0.29) is 5.91 Å². The summed E-state index contributed by atoms with van der Waals surface area (Å²) in [6, 6.07) is 6.73. The number of carbonyl (C=O) groups excluding carboxylic acids is 2.